The highest BCUT2D eigenvalue weighted by Gasteiger charge is 2.03. The van der Waals surface area contributed by atoms with Crippen molar-refractivity contribution in [2.75, 3.05) is 13.7 Å². The molecule has 0 aromatic heterocycles. The second kappa shape index (κ2) is 6.24. The van der Waals surface area contributed by atoms with E-state index in [-0.39, 0.29) is 12.4 Å². The van der Waals surface area contributed by atoms with Crippen LogP contribution in [0, 0.1) is 0 Å². The maximum Gasteiger partial charge on any atom is 0.133 e. The zero-order valence-electron chi connectivity index (χ0n) is 7.42. The molecule has 0 amide bonds. The molecule has 4 heteroatoms. The van der Waals surface area contributed by atoms with Gasteiger partial charge in [-0.2, -0.15) is 0 Å². The second-order valence-corrected chi connectivity index (χ2v) is 3.27. The Bertz CT molecular complexity index is 268. The molecule has 0 aliphatic heterocycles. The van der Waals surface area contributed by atoms with Crippen molar-refractivity contribution < 1.29 is 4.74 Å². The molecule has 0 aliphatic rings. The molecule has 0 saturated heterocycles. The molecule has 0 saturated carbocycles. The van der Waals surface area contributed by atoms with E-state index in [2.05, 4.69) is 15.9 Å². The number of benzene rings is 1. The van der Waals surface area contributed by atoms with E-state index < -0.39 is 0 Å². The van der Waals surface area contributed by atoms with Crippen molar-refractivity contribution in [2.24, 2.45) is 5.73 Å². The fourth-order valence-electron chi connectivity index (χ4n) is 1.06. The highest BCUT2D eigenvalue weighted by atomic mass is 79.9. The highest BCUT2D eigenvalue weighted by molar-refractivity contribution is 9.10. The van der Waals surface area contributed by atoms with E-state index in [0.717, 1.165) is 16.6 Å². The fourth-order valence-corrected chi connectivity index (χ4v) is 1.69. The number of methoxy groups -OCH3 is 1. The molecule has 1 aromatic carbocycles. The van der Waals surface area contributed by atoms with E-state index in [1.165, 1.54) is 5.56 Å². The maximum atomic E-state index is 5.46. The largest absolute Gasteiger partial charge is 0.496 e. The summed E-state index contributed by atoms with van der Waals surface area (Å²) in [4.78, 5) is 0. The van der Waals surface area contributed by atoms with Crippen molar-refractivity contribution in [1.82, 2.24) is 0 Å². The van der Waals surface area contributed by atoms with Gasteiger partial charge in [0.1, 0.15) is 5.75 Å². The lowest BCUT2D eigenvalue weighted by Gasteiger charge is -2.07. The number of nitrogens with two attached hydrogens (primary N) is 1. The van der Waals surface area contributed by atoms with Gasteiger partial charge in [0, 0.05) is 0 Å². The first-order valence-electron chi connectivity index (χ1n) is 3.81. The second-order valence-electron chi connectivity index (χ2n) is 2.47. The van der Waals surface area contributed by atoms with Gasteiger partial charge in [-0.25, -0.2) is 0 Å². The summed E-state index contributed by atoms with van der Waals surface area (Å²) < 4.78 is 6.16. The molecule has 74 valence electrons. The number of hydrogen-bond donors (Lipinski definition) is 1. The lowest BCUT2D eigenvalue weighted by Crippen LogP contribution is -2.03. The summed E-state index contributed by atoms with van der Waals surface area (Å²) in [6.07, 6.45) is 0.873. The number of rotatable bonds is 3. The normalized spacial score (nSPS) is 9.15. The summed E-state index contributed by atoms with van der Waals surface area (Å²) >= 11 is 3.46. The third kappa shape index (κ3) is 3.18. The van der Waals surface area contributed by atoms with Gasteiger partial charge in [0.15, 0.2) is 0 Å². The van der Waals surface area contributed by atoms with Crippen molar-refractivity contribution in [2.45, 2.75) is 6.42 Å². The first kappa shape index (κ1) is 12.8. The number of hydrogen-bond acceptors (Lipinski definition) is 2. The van der Waals surface area contributed by atoms with E-state index >= 15 is 0 Å². The molecule has 2 nitrogen and oxygen atoms in total. The average molecular weight is 267 g/mol. The Labute approximate surface area is 93.0 Å². The zero-order chi connectivity index (χ0) is 8.97. The van der Waals surface area contributed by atoms with Crippen molar-refractivity contribution in [3.63, 3.8) is 0 Å². The van der Waals surface area contributed by atoms with Crippen LogP contribution in [0.15, 0.2) is 22.7 Å². The molecule has 0 spiro atoms. The van der Waals surface area contributed by atoms with Gasteiger partial charge in [0.2, 0.25) is 0 Å². The third-order valence-corrected chi connectivity index (χ3v) is 2.58. The Balaban J connectivity index is 0.00000144. The standard InChI is InChI=1S/C9H12BrNO.ClH/c1-12-8-4-2-3-7(5-6-11)9(8)10;/h2-4H,5-6,11H2,1H3;1H. The summed E-state index contributed by atoms with van der Waals surface area (Å²) in [5.74, 6) is 0.862. The van der Waals surface area contributed by atoms with Gasteiger partial charge >= 0.3 is 0 Å². The first-order chi connectivity index (χ1) is 5.79. The quantitative estimate of drug-likeness (QED) is 0.912. The van der Waals surface area contributed by atoms with Gasteiger partial charge in [0.25, 0.3) is 0 Å². The molecule has 2 N–H and O–H groups in total. The lowest BCUT2D eigenvalue weighted by atomic mass is 10.1. The Hall–Kier alpha value is -0.250. The van der Waals surface area contributed by atoms with Crippen LogP contribution in [0.1, 0.15) is 5.56 Å². The first-order valence-corrected chi connectivity index (χ1v) is 4.60. The van der Waals surface area contributed by atoms with Crippen molar-refractivity contribution in [1.29, 1.82) is 0 Å². The van der Waals surface area contributed by atoms with E-state index in [4.69, 9.17) is 10.5 Å². The highest BCUT2D eigenvalue weighted by Crippen LogP contribution is 2.28. The topological polar surface area (TPSA) is 35.2 Å². The Kier molecular flexibility index (Phi) is 6.12. The molecule has 0 radical (unpaired) electrons. The van der Waals surface area contributed by atoms with Crippen molar-refractivity contribution in [3.05, 3.63) is 28.2 Å². The summed E-state index contributed by atoms with van der Waals surface area (Å²) in [6, 6.07) is 5.93. The van der Waals surface area contributed by atoms with Crippen molar-refractivity contribution in [3.8, 4) is 5.75 Å². The van der Waals surface area contributed by atoms with Gasteiger partial charge in [0.05, 0.1) is 11.6 Å². The van der Waals surface area contributed by atoms with E-state index in [1.54, 1.807) is 7.11 Å². The third-order valence-electron chi connectivity index (χ3n) is 1.68. The van der Waals surface area contributed by atoms with Crippen LogP contribution in [0.2, 0.25) is 0 Å². The van der Waals surface area contributed by atoms with Crippen LogP contribution in [0.5, 0.6) is 5.75 Å². The lowest BCUT2D eigenvalue weighted by molar-refractivity contribution is 0.411. The Morgan fingerprint density at radius 1 is 1.46 bits per heavy atom. The van der Waals surface area contributed by atoms with Crippen LogP contribution < -0.4 is 10.5 Å². The molecule has 13 heavy (non-hydrogen) atoms. The minimum Gasteiger partial charge on any atom is -0.496 e. The number of halogens is 2. The zero-order valence-corrected chi connectivity index (χ0v) is 9.82. The Morgan fingerprint density at radius 3 is 2.69 bits per heavy atom. The van der Waals surface area contributed by atoms with Crippen LogP contribution in [0.25, 0.3) is 0 Å². The van der Waals surface area contributed by atoms with Crippen LogP contribution in [0.4, 0.5) is 0 Å². The molecule has 0 aliphatic carbocycles. The van der Waals surface area contributed by atoms with Crippen molar-refractivity contribution >= 4 is 28.3 Å². The summed E-state index contributed by atoms with van der Waals surface area (Å²) in [7, 11) is 1.66. The molecule has 0 bridgehead atoms. The van der Waals surface area contributed by atoms with Gasteiger partial charge in [-0.15, -0.1) is 12.4 Å². The average Bonchev–Trinajstić information content (AvgIpc) is 2.09. The molecule has 0 fully saturated rings. The molecular weight excluding hydrogens is 253 g/mol. The van der Waals surface area contributed by atoms with E-state index in [0.29, 0.717) is 6.54 Å². The molecular formula is C9H13BrClNO. The molecule has 1 rings (SSSR count). The van der Waals surface area contributed by atoms with Crippen LogP contribution in [0.3, 0.4) is 0 Å². The number of ether oxygens (including phenoxy) is 1. The molecule has 0 atom stereocenters. The smallest absolute Gasteiger partial charge is 0.133 e. The monoisotopic (exact) mass is 265 g/mol. The predicted octanol–water partition coefficient (Wildman–Crippen LogP) is 2.38. The Morgan fingerprint density at radius 2 is 2.15 bits per heavy atom. The van der Waals surface area contributed by atoms with Gasteiger partial charge in [-0.3, -0.25) is 0 Å². The predicted molar refractivity (Wildman–Crippen MR) is 60.7 cm³/mol. The molecule has 0 heterocycles. The van der Waals surface area contributed by atoms with Crippen LogP contribution in [-0.4, -0.2) is 13.7 Å². The maximum absolute atomic E-state index is 5.46. The van der Waals surface area contributed by atoms with Crippen LogP contribution >= 0.6 is 28.3 Å². The van der Waals surface area contributed by atoms with E-state index in [1.807, 2.05) is 18.2 Å². The minimum atomic E-state index is 0. The summed E-state index contributed by atoms with van der Waals surface area (Å²) in [5, 5.41) is 0. The SMILES string of the molecule is COc1cccc(CCN)c1Br.Cl. The fraction of sp³-hybridized carbons (Fsp3) is 0.333. The van der Waals surface area contributed by atoms with Gasteiger partial charge in [-0.1, -0.05) is 12.1 Å². The summed E-state index contributed by atoms with van der Waals surface area (Å²) in [6.45, 7) is 0.658. The summed E-state index contributed by atoms with van der Waals surface area (Å²) in [5.41, 5.74) is 6.65. The minimum absolute atomic E-state index is 0. The molecule has 1 aromatic rings. The molecule has 0 unspecified atom stereocenters. The van der Waals surface area contributed by atoms with Crippen LogP contribution in [-0.2, 0) is 6.42 Å². The van der Waals surface area contributed by atoms with E-state index in [9.17, 15) is 0 Å². The van der Waals surface area contributed by atoms with Gasteiger partial charge < -0.3 is 10.5 Å². The van der Waals surface area contributed by atoms with Gasteiger partial charge in [-0.05, 0) is 40.5 Å².